The van der Waals surface area contributed by atoms with Gasteiger partial charge in [-0.1, -0.05) is 47.6 Å². The minimum atomic E-state index is 0.610. The summed E-state index contributed by atoms with van der Waals surface area (Å²) < 4.78 is 0. The Morgan fingerprint density at radius 2 is 1.84 bits per heavy atom. The summed E-state index contributed by atoms with van der Waals surface area (Å²) in [6, 6.07) is 0. The van der Waals surface area contributed by atoms with Crippen molar-refractivity contribution in [2.45, 2.75) is 67.2 Å². The Kier molecular flexibility index (Phi) is 3.93. The van der Waals surface area contributed by atoms with Crippen LogP contribution in [0, 0.1) is 40.4 Å². The Morgan fingerprint density at radius 1 is 1.21 bits per heavy atom. The molecule has 6 unspecified atom stereocenters. The van der Waals surface area contributed by atoms with E-state index >= 15 is 0 Å². The number of allylic oxidation sites excluding steroid dienone is 1. The third-order valence-corrected chi connectivity index (χ3v) is 6.81. The predicted molar refractivity (Wildman–Crippen MR) is 85.0 cm³/mol. The van der Waals surface area contributed by atoms with Crippen LogP contribution in [0.15, 0.2) is 12.7 Å². The van der Waals surface area contributed by atoms with Crippen LogP contribution in [0.4, 0.5) is 0 Å². The first-order valence-corrected chi connectivity index (χ1v) is 8.36. The fraction of sp³-hybridized carbons (Fsp3) is 0.895. The summed E-state index contributed by atoms with van der Waals surface area (Å²) in [4.78, 5) is 0. The molecule has 0 amide bonds. The Balaban J connectivity index is 1.78. The fourth-order valence-corrected chi connectivity index (χ4v) is 4.70. The summed E-state index contributed by atoms with van der Waals surface area (Å²) in [5.74, 6) is 4.41. The van der Waals surface area contributed by atoms with Crippen LogP contribution in [0.3, 0.4) is 0 Å². The van der Waals surface area contributed by atoms with Gasteiger partial charge in [0, 0.05) is 0 Å². The topological polar surface area (TPSA) is 0 Å². The molecule has 0 nitrogen and oxygen atoms in total. The van der Waals surface area contributed by atoms with Crippen molar-refractivity contribution in [1.29, 1.82) is 0 Å². The van der Waals surface area contributed by atoms with Crippen molar-refractivity contribution in [1.82, 2.24) is 0 Å². The molecule has 0 aromatic heterocycles. The summed E-state index contributed by atoms with van der Waals surface area (Å²) in [6.07, 6.45) is 7.93. The molecule has 0 heteroatoms. The molecular weight excluding hydrogens is 228 g/mol. The van der Waals surface area contributed by atoms with Gasteiger partial charge in [0.25, 0.3) is 0 Å². The van der Waals surface area contributed by atoms with Gasteiger partial charge in [0.05, 0.1) is 0 Å². The average molecular weight is 262 g/mol. The van der Waals surface area contributed by atoms with Crippen molar-refractivity contribution in [3.8, 4) is 0 Å². The van der Waals surface area contributed by atoms with Gasteiger partial charge >= 0.3 is 0 Å². The second-order valence-electron chi connectivity index (χ2n) is 8.61. The SMILES string of the molecule is C=CC(C)C1CC1CC(C)CC1(C)CC1(C)C(C)C. The van der Waals surface area contributed by atoms with Crippen molar-refractivity contribution in [3.63, 3.8) is 0 Å². The van der Waals surface area contributed by atoms with E-state index in [0.29, 0.717) is 10.8 Å². The van der Waals surface area contributed by atoms with E-state index < -0.39 is 0 Å². The molecule has 19 heavy (non-hydrogen) atoms. The molecule has 0 N–H and O–H groups in total. The monoisotopic (exact) mass is 262 g/mol. The van der Waals surface area contributed by atoms with Gasteiger partial charge in [-0.15, -0.1) is 6.58 Å². The number of hydrogen-bond acceptors (Lipinski definition) is 0. The molecule has 2 fully saturated rings. The Morgan fingerprint density at radius 3 is 2.32 bits per heavy atom. The van der Waals surface area contributed by atoms with Gasteiger partial charge in [-0.3, -0.25) is 0 Å². The van der Waals surface area contributed by atoms with Gasteiger partial charge in [0.1, 0.15) is 0 Å². The smallest absolute Gasteiger partial charge is 0.0234 e. The highest BCUT2D eigenvalue weighted by Gasteiger charge is 2.61. The van der Waals surface area contributed by atoms with Crippen molar-refractivity contribution < 1.29 is 0 Å². The first-order chi connectivity index (χ1) is 8.73. The van der Waals surface area contributed by atoms with Crippen LogP contribution in [0.25, 0.3) is 0 Å². The molecule has 2 aliphatic carbocycles. The minimum absolute atomic E-state index is 0.610. The predicted octanol–water partition coefficient (Wildman–Crippen LogP) is 5.93. The minimum Gasteiger partial charge on any atom is -0.103 e. The van der Waals surface area contributed by atoms with Crippen molar-refractivity contribution in [2.75, 3.05) is 0 Å². The number of hydrogen-bond donors (Lipinski definition) is 0. The molecular formula is C19H34. The highest BCUT2D eigenvalue weighted by Crippen LogP contribution is 2.70. The normalized spacial score (nSPS) is 43.9. The molecule has 0 radical (unpaired) electrons. The van der Waals surface area contributed by atoms with Crippen LogP contribution in [0.5, 0.6) is 0 Å². The molecule has 0 spiro atoms. The van der Waals surface area contributed by atoms with Crippen molar-refractivity contribution >= 4 is 0 Å². The van der Waals surface area contributed by atoms with Gasteiger partial charge in [0.2, 0.25) is 0 Å². The average Bonchev–Trinajstić information content (AvgIpc) is 3.16. The Hall–Kier alpha value is -0.260. The maximum absolute atomic E-state index is 3.94. The van der Waals surface area contributed by atoms with E-state index in [4.69, 9.17) is 0 Å². The highest BCUT2D eigenvalue weighted by atomic mass is 14.7. The second-order valence-corrected chi connectivity index (χ2v) is 8.61. The summed E-state index contributed by atoms with van der Waals surface area (Å²) in [5, 5.41) is 0. The van der Waals surface area contributed by atoms with Crippen molar-refractivity contribution in [2.24, 2.45) is 40.4 Å². The maximum atomic E-state index is 3.94. The molecule has 0 bridgehead atoms. The molecule has 0 saturated heterocycles. The van der Waals surface area contributed by atoms with E-state index in [1.54, 1.807) is 0 Å². The largest absolute Gasteiger partial charge is 0.103 e. The van der Waals surface area contributed by atoms with E-state index in [0.717, 1.165) is 29.6 Å². The molecule has 2 aliphatic rings. The lowest BCUT2D eigenvalue weighted by Gasteiger charge is -2.25. The van der Waals surface area contributed by atoms with Gasteiger partial charge in [-0.05, 0) is 66.1 Å². The van der Waals surface area contributed by atoms with Crippen LogP contribution < -0.4 is 0 Å². The van der Waals surface area contributed by atoms with Crippen LogP contribution in [-0.2, 0) is 0 Å². The van der Waals surface area contributed by atoms with Gasteiger partial charge in [0.15, 0.2) is 0 Å². The van der Waals surface area contributed by atoms with E-state index in [2.05, 4.69) is 54.2 Å². The summed E-state index contributed by atoms with van der Waals surface area (Å²) in [5.41, 5.74) is 1.23. The number of rotatable bonds is 7. The third-order valence-electron chi connectivity index (χ3n) is 6.81. The van der Waals surface area contributed by atoms with Crippen LogP contribution >= 0.6 is 0 Å². The fourth-order valence-electron chi connectivity index (χ4n) is 4.70. The molecule has 0 aromatic rings. The molecule has 0 aliphatic heterocycles. The van der Waals surface area contributed by atoms with Crippen LogP contribution in [0.1, 0.15) is 67.2 Å². The van der Waals surface area contributed by atoms with Gasteiger partial charge in [-0.25, -0.2) is 0 Å². The van der Waals surface area contributed by atoms with E-state index in [1.165, 1.54) is 25.7 Å². The molecule has 110 valence electrons. The third kappa shape index (κ3) is 2.78. The summed E-state index contributed by atoms with van der Waals surface area (Å²) in [7, 11) is 0. The molecule has 2 rings (SSSR count). The lowest BCUT2D eigenvalue weighted by Crippen LogP contribution is -2.17. The van der Waals surface area contributed by atoms with E-state index in [9.17, 15) is 0 Å². The maximum Gasteiger partial charge on any atom is -0.0234 e. The molecule has 6 atom stereocenters. The molecule has 0 aromatic carbocycles. The Bertz CT molecular complexity index is 342. The highest BCUT2D eigenvalue weighted by molar-refractivity contribution is 5.11. The first-order valence-electron chi connectivity index (χ1n) is 8.36. The van der Waals surface area contributed by atoms with Crippen molar-refractivity contribution in [3.05, 3.63) is 12.7 Å². The van der Waals surface area contributed by atoms with Gasteiger partial charge < -0.3 is 0 Å². The zero-order chi connectivity index (χ0) is 14.4. The lowest BCUT2D eigenvalue weighted by molar-refractivity contribution is 0.243. The van der Waals surface area contributed by atoms with Crippen LogP contribution in [-0.4, -0.2) is 0 Å². The summed E-state index contributed by atoms with van der Waals surface area (Å²) >= 11 is 0. The zero-order valence-electron chi connectivity index (χ0n) is 14.0. The quantitative estimate of drug-likeness (QED) is 0.499. The van der Waals surface area contributed by atoms with E-state index in [-0.39, 0.29) is 0 Å². The van der Waals surface area contributed by atoms with E-state index in [1.807, 2.05) is 0 Å². The zero-order valence-corrected chi connectivity index (χ0v) is 14.0. The Labute approximate surface area is 121 Å². The summed E-state index contributed by atoms with van der Waals surface area (Å²) in [6.45, 7) is 18.6. The lowest BCUT2D eigenvalue weighted by atomic mass is 9.80. The van der Waals surface area contributed by atoms with Gasteiger partial charge in [-0.2, -0.15) is 0 Å². The van der Waals surface area contributed by atoms with Crippen LogP contribution in [0.2, 0.25) is 0 Å². The standard InChI is InChI=1S/C19H34/c1-8-15(5)17-10-16(17)9-14(4)11-18(6)12-19(18,7)13(2)3/h8,13-17H,1,9-12H2,2-7H3. The second kappa shape index (κ2) is 4.93. The molecule has 0 heterocycles. The molecule has 2 saturated carbocycles. The first kappa shape index (κ1) is 15.1.